The van der Waals surface area contributed by atoms with Crippen LogP contribution >= 0.6 is 0 Å². The predicted molar refractivity (Wildman–Crippen MR) is 57.8 cm³/mol. The number of carbonyl (C=O) groups is 1. The monoisotopic (exact) mass is 228 g/mol. The maximum absolute atomic E-state index is 10.9. The van der Waals surface area contributed by atoms with E-state index in [1.165, 1.54) is 0 Å². The van der Waals surface area contributed by atoms with Crippen LogP contribution in [0.1, 0.15) is 5.56 Å². The van der Waals surface area contributed by atoms with Crippen LogP contribution in [0, 0.1) is 0 Å². The van der Waals surface area contributed by atoms with Crippen molar-refractivity contribution < 1.29 is 13.2 Å². The molecule has 0 heterocycles. The van der Waals surface area contributed by atoms with Crippen LogP contribution in [0.25, 0.3) is 0 Å². The summed E-state index contributed by atoms with van der Waals surface area (Å²) in [4.78, 5) is 10.6. The molecular formula is C9H12N2O3S. The lowest BCUT2D eigenvalue weighted by atomic mass is 10.1. The normalized spacial score (nSPS) is 11.0. The third-order valence-corrected chi connectivity index (χ3v) is 2.24. The fourth-order valence-corrected chi connectivity index (χ4v) is 1.67. The largest absolute Gasteiger partial charge is 0.369 e. The van der Waals surface area contributed by atoms with Crippen LogP contribution in [-0.4, -0.2) is 20.6 Å². The molecule has 0 spiro atoms. The number of rotatable bonds is 4. The number of nitrogens with one attached hydrogen (secondary N) is 1. The molecule has 0 saturated heterocycles. The molecule has 0 aliphatic rings. The Bertz CT molecular complexity index is 451. The van der Waals surface area contributed by atoms with E-state index in [0.717, 1.165) is 11.8 Å². The summed E-state index contributed by atoms with van der Waals surface area (Å²) in [5.74, 6) is -0.418. The molecule has 1 rings (SSSR count). The summed E-state index contributed by atoms with van der Waals surface area (Å²) in [6, 6.07) is 6.47. The molecule has 82 valence electrons. The van der Waals surface area contributed by atoms with E-state index in [2.05, 4.69) is 4.72 Å². The van der Waals surface area contributed by atoms with Crippen molar-refractivity contribution in [3.05, 3.63) is 29.8 Å². The second kappa shape index (κ2) is 4.31. The quantitative estimate of drug-likeness (QED) is 0.765. The number of sulfonamides is 1. The Morgan fingerprint density at radius 1 is 1.33 bits per heavy atom. The molecule has 3 N–H and O–H groups in total. The van der Waals surface area contributed by atoms with E-state index < -0.39 is 15.9 Å². The van der Waals surface area contributed by atoms with Crippen LogP contribution in [0.3, 0.4) is 0 Å². The van der Waals surface area contributed by atoms with Gasteiger partial charge in [-0.15, -0.1) is 0 Å². The molecule has 0 saturated carbocycles. The van der Waals surface area contributed by atoms with Crippen molar-refractivity contribution in [3.8, 4) is 0 Å². The smallest absolute Gasteiger partial charge is 0.229 e. The number of nitrogens with two attached hydrogens (primary N) is 1. The lowest BCUT2D eigenvalue weighted by Gasteiger charge is -2.04. The van der Waals surface area contributed by atoms with Gasteiger partial charge in [0.15, 0.2) is 0 Å². The first kappa shape index (κ1) is 11.5. The van der Waals surface area contributed by atoms with Crippen LogP contribution in [0.4, 0.5) is 5.69 Å². The van der Waals surface area contributed by atoms with E-state index in [9.17, 15) is 13.2 Å². The first-order valence-electron chi connectivity index (χ1n) is 4.22. The highest BCUT2D eigenvalue weighted by Crippen LogP contribution is 2.10. The Labute approximate surface area is 88.3 Å². The lowest BCUT2D eigenvalue weighted by molar-refractivity contribution is -0.117. The molecule has 1 aromatic rings. The molecule has 0 aliphatic carbocycles. The Kier molecular flexibility index (Phi) is 3.31. The zero-order valence-electron chi connectivity index (χ0n) is 8.23. The minimum atomic E-state index is -3.25. The summed E-state index contributed by atoms with van der Waals surface area (Å²) in [7, 11) is -3.25. The molecule has 15 heavy (non-hydrogen) atoms. The number of benzene rings is 1. The van der Waals surface area contributed by atoms with Gasteiger partial charge in [0, 0.05) is 5.69 Å². The van der Waals surface area contributed by atoms with Crippen LogP contribution in [0.5, 0.6) is 0 Å². The Morgan fingerprint density at radius 3 is 2.27 bits per heavy atom. The second-order valence-electron chi connectivity index (χ2n) is 3.21. The van der Waals surface area contributed by atoms with Gasteiger partial charge in [-0.1, -0.05) is 12.1 Å². The van der Waals surface area contributed by atoms with E-state index in [1.54, 1.807) is 24.3 Å². The van der Waals surface area contributed by atoms with Crippen molar-refractivity contribution in [1.29, 1.82) is 0 Å². The van der Waals surface area contributed by atoms with Crippen LogP contribution in [0.2, 0.25) is 0 Å². The summed E-state index contributed by atoms with van der Waals surface area (Å²) in [6.07, 6.45) is 1.23. The molecule has 6 heteroatoms. The van der Waals surface area contributed by atoms with Crippen LogP contribution in [0.15, 0.2) is 24.3 Å². The lowest BCUT2D eigenvalue weighted by Crippen LogP contribution is -2.13. The minimum Gasteiger partial charge on any atom is -0.369 e. The molecule has 5 nitrogen and oxygen atoms in total. The van der Waals surface area contributed by atoms with Gasteiger partial charge in [-0.2, -0.15) is 0 Å². The highest BCUT2D eigenvalue weighted by Gasteiger charge is 2.02. The van der Waals surface area contributed by atoms with E-state index in [0.29, 0.717) is 5.69 Å². The van der Waals surface area contributed by atoms with Crippen molar-refractivity contribution in [2.75, 3.05) is 11.0 Å². The summed E-state index contributed by atoms with van der Waals surface area (Å²) in [6.45, 7) is 0. The maximum atomic E-state index is 10.9. The maximum Gasteiger partial charge on any atom is 0.229 e. The van der Waals surface area contributed by atoms with Gasteiger partial charge in [0.05, 0.1) is 12.7 Å². The molecule has 0 bridgehead atoms. The Hall–Kier alpha value is -1.56. The second-order valence-corrected chi connectivity index (χ2v) is 4.96. The fraction of sp³-hybridized carbons (Fsp3) is 0.222. The third kappa shape index (κ3) is 4.46. The SMILES string of the molecule is CS(=O)(=O)Nc1ccc(CC(N)=O)cc1. The molecule has 0 radical (unpaired) electrons. The van der Waals surface area contributed by atoms with E-state index in [-0.39, 0.29) is 6.42 Å². The molecule has 0 fully saturated rings. The zero-order valence-corrected chi connectivity index (χ0v) is 9.04. The van der Waals surface area contributed by atoms with Gasteiger partial charge in [-0.25, -0.2) is 8.42 Å². The molecule has 0 unspecified atom stereocenters. The Morgan fingerprint density at radius 2 is 1.87 bits per heavy atom. The van der Waals surface area contributed by atoms with Gasteiger partial charge < -0.3 is 5.73 Å². The van der Waals surface area contributed by atoms with Gasteiger partial charge >= 0.3 is 0 Å². The van der Waals surface area contributed by atoms with E-state index >= 15 is 0 Å². The Balaban J connectivity index is 2.77. The summed E-state index contributed by atoms with van der Waals surface area (Å²) >= 11 is 0. The fourth-order valence-electron chi connectivity index (χ4n) is 1.11. The number of primary amides is 1. The number of amides is 1. The number of hydrogen-bond acceptors (Lipinski definition) is 3. The zero-order chi connectivity index (χ0) is 11.5. The van der Waals surface area contributed by atoms with Gasteiger partial charge in [-0.05, 0) is 17.7 Å². The van der Waals surface area contributed by atoms with Gasteiger partial charge in [0.25, 0.3) is 0 Å². The number of carbonyl (C=O) groups excluding carboxylic acids is 1. The topological polar surface area (TPSA) is 89.3 Å². The van der Waals surface area contributed by atoms with Crippen LogP contribution in [-0.2, 0) is 21.2 Å². The molecule has 1 amide bonds. The first-order chi connectivity index (χ1) is 6.87. The van der Waals surface area contributed by atoms with Crippen molar-refractivity contribution in [3.63, 3.8) is 0 Å². The van der Waals surface area contributed by atoms with E-state index in [1.807, 2.05) is 0 Å². The number of anilines is 1. The first-order valence-corrected chi connectivity index (χ1v) is 6.11. The minimum absolute atomic E-state index is 0.152. The molecule has 0 aromatic heterocycles. The van der Waals surface area contributed by atoms with Gasteiger partial charge in [0.1, 0.15) is 0 Å². The predicted octanol–water partition coefficient (Wildman–Crippen LogP) is 0.0859. The van der Waals surface area contributed by atoms with Crippen molar-refractivity contribution in [1.82, 2.24) is 0 Å². The van der Waals surface area contributed by atoms with Crippen molar-refractivity contribution in [2.24, 2.45) is 5.73 Å². The number of hydrogen-bond donors (Lipinski definition) is 2. The van der Waals surface area contributed by atoms with Gasteiger partial charge in [0.2, 0.25) is 15.9 Å². The molecular weight excluding hydrogens is 216 g/mol. The third-order valence-electron chi connectivity index (χ3n) is 1.64. The summed E-state index contributed by atoms with van der Waals surface area (Å²) in [5.41, 5.74) is 6.23. The molecule has 0 aliphatic heterocycles. The summed E-state index contributed by atoms with van der Waals surface area (Å²) < 4.78 is 24.1. The average Bonchev–Trinajstić information content (AvgIpc) is 2.05. The summed E-state index contributed by atoms with van der Waals surface area (Å²) in [5, 5.41) is 0. The van der Waals surface area contributed by atoms with Crippen molar-refractivity contribution in [2.45, 2.75) is 6.42 Å². The van der Waals surface area contributed by atoms with Crippen molar-refractivity contribution >= 4 is 21.6 Å². The van der Waals surface area contributed by atoms with Crippen LogP contribution < -0.4 is 10.5 Å². The highest BCUT2D eigenvalue weighted by molar-refractivity contribution is 7.92. The van der Waals surface area contributed by atoms with Gasteiger partial charge in [-0.3, -0.25) is 9.52 Å². The standard InChI is InChI=1S/C9H12N2O3S/c1-15(13,14)11-8-4-2-7(3-5-8)6-9(10)12/h2-5,11H,6H2,1H3,(H2,10,12). The molecule has 0 atom stereocenters. The molecule has 1 aromatic carbocycles. The van der Waals surface area contributed by atoms with E-state index in [4.69, 9.17) is 5.73 Å². The highest BCUT2D eigenvalue weighted by atomic mass is 32.2. The average molecular weight is 228 g/mol.